The quantitative estimate of drug-likeness (QED) is 0.471. The molecular formula is C29H36N6O3. The fourth-order valence-electron chi connectivity index (χ4n) is 7.03. The number of likely N-dealkylation sites (tertiary alicyclic amines) is 1. The zero-order valence-corrected chi connectivity index (χ0v) is 21.7. The van der Waals surface area contributed by atoms with Crippen LogP contribution in [0.15, 0.2) is 36.8 Å². The Morgan fingerprint density at radius 3 is 2.89 bits per heavy atom. The van der Waals surface area contributed by atoms with E-state index < -0.39 is 0 Å². The van der Waals surface area contributed by atoms with Crippen LogP contribution < -0.4 is 16.2 Å². The van der Waals surface area contributed by atoms with Gasteiger partial charge in [0.25, 0.3) is 0 Å². The zero-order valence-electron chi connectivity index (χ0n) is 21.7. The Hall–Kier alpha value is -3.17. The number of rotatable bonds is 8. The molecule has 2 aliphatic heterocycles. The third kappa shape index (κ3) is 4.31. The van der Waals surface area contributed by atoms with Crippen molar-refractivity contribution in [3.63, 3.8) is 0 Å². The summed E-state index contributed by atoms with van der Waals surface area (Å²) in [7, 11) is 0. The Morgan fingerprint density at radius 2 is 2.08 bits per heavy atom. The number of amides is 1. The maximum Gasteiger partial charge on any atom is 0.235 e. The van der Waals surface area contributed by atoms with Crippen LogP contribution in [0.3, 0.4) is 0 Å². The SMILES string of the molecule is NC(=O)[C@@H]1[C@@H]2C[C@@H]2CN1C[C@H]1C[C@H](n2cc(-c3cccc(OCC4CCCCO4)c3)c3c(N)ncnc32)C1. The topological polar surface area (TPSA) is 122 Å². The third-order valence-electron chi connectivity index (χ3n) is 9.13. The van der Waals surface area contributed by atoms with Gasteiger partial charge in [0.15, 0.2) is 0 Å². The lowest BCUT2D eigenvalue weighted by atomic mass is 9.79. The van der Waals surface area contributed by atoms with E-state index in [0.717, 1.165) is 79.7 Å². The Balaban J connectivity index is 1.09. The molecule has 9 heteroatoms. The van der Waals surface area contributed by atoms with E-state index in [9.17, 15) is 4.79 Å². The van der Waals surface area contributed by atoms with Crippen LogP contribution in [0.2, 0.25) is 0 Å². The standard InChI is InChI=1S/C29H36N6O3/c30-27-25-24(18-4-3-6-21(10-18)38-15-22-5-1-2-7-37-22)14-35(29(25)33-16-32-27)20-8-17(9-20)12-34-13-19-11-23(19)26(34)28(31)36/h3-4,6,10,14,16-17,19-20,22-23,26H,1-2,5,7-9,11-13,15H2,(H2,31,36)(H2,30,32,33)/t17-,19-,20-,22?,23-,26+/m1/s1. The van der Waals surface area contributed by atoms with E-state index in [0.29, 0.717) is 36.2 Å². The highest BCUT2D eigenvalue weighted by atomic mass is 16.5. The second kappa shape index (κ2) is 9.54. The predicted octanol–water partition coefficient (Wildman–Crippen LogP) is 3.39. The Kier molecular flexibility index (Phi) is 6.00. The van der Waals surface area contributed by atoms with Crippen molar-refractivity contribution >= 4 is 22.8 Å². The molecule has 0 spiro atoms. The number of piperidine rings is 1. The third-order valence-corrected chi connectivity index (χ3v) is 9.13. The average molecular weight is 517 g/mol. The van der Waals surface area contributed by atoms with E-state index in [1.54, 1.807) is 6.33 Å². The maximum atomic E-state index is 12.0. The largest absolute Gasteiger partial charge is 0.491 e. The number of primary amides is 1. The van der Waals surface area contributed by atoms with Gasteiger partial charge in [-0.05, 0) is 74.0 Å². The van der Waals surface area contributed by atoms with Crippen molar-refractivity contribution in [1.82, 2.24) is 19.4 Å². The second-order valence-corrected chi connectivity index (χ2v) is 11.7. The predicted molar refractivity (Wildman–Crippen MR) is 144 cm³/mol. The van der Waals surface area contributed by atoms with Crippen molar-refractivity contribution in [2.45, 2.75) is 56.7 Å². The molecule has 2 aromatic heterocycles. The number of ether oxygens (including phenoxy) is 2. The first kappa shape index (κ1) is 23.9. The van der Waals surface area contributed by atoms with Crippen LogP contribution in [0.25, 0.3) is 22.2 Å². The number of carbonyl (C=O) groups excluding carboxylic acids is 1. The van der Waals surface area contributed by atoms with Gasteiger partial charge in [-0.15, -0.1) is 0 Å². The van der Waals surface area contributed by atoms with Crippen molar-refractivity contribution < 1.29 is 14.3 Å². The lowest BCUT2D eigenvalue weighted by Crippen LogP contribution is -2.47. The number of benzene rings is 1. The molecule has 4 aliphatic rings. The van der Waals surface area contributed by atoms with Crippen molar-refractivity contribution in [1.29, 1.82) is 0 Å². The summed E-state index contributed by atoms with van der Waals surface area (Å²) in [5.74, 6) is 2.88. The minimum atomic E-state index is -0.156. The Bertz CT molecular complexity index is 1350. The van der Waals surface area contributed by atoms with Crippen LogP contribution in [0.4, 0.5) is 5.82 Å². The van der Waals surface area contributed by atoms with Gasteiger partial charge in [-0.2, -0.15) is 0 Å². The molecule has 4 fully saturated rings. The molecule has 0 bridgehead atoms. The number of hydrogen-bond donors (Lipinski definition) is 2. The number of anilines is 1. The summed E-state index contributed by atoms with van der Waals surface area (Å²) in [4.78, 5) is 23.3. The molecule has 3 aromatic rings. The van der Waals surface area contributed by atoms with Crippen molar-refractivity contribution in [3.8, 4) is 16.9 Å². The van der Waals surface area contributed by atoms with Gasteiger partial charge in [0.1, 0.15) is 30.1 Å². The van der Waals surface area contributed by atoms with Crippen LogP contribution >= 0.6 is 0 Å². The summed E-state index contributed by atoms with van der Waals surface area (Å²) in [6, 6.07) is 8.44. The highest BCUT2D eigenvalue weighted by molar-refractivity contribution is 6.00. The van der Waals surface area contributed by atoms with Crippen LogP contribution in [-0.4, -0.2) is 63.8 Å². The first-order chi connectivity index (χ1) is 18.5. The summed E-state index contributed by atoms with van der Waals surface area (Å²) in [6.07, 6.45) is 10.5. The van der Waals surface area contributed by atoms with Crippen LogP contribution in [0.1, 0.15) is 44.6 Å². The molecule has 4 atom stereocenters. The van der Waals surface area contributed by atoms with Gasteiger partial charge >= 0.3 is 0 Å². The number of hydrogen-bond acceptors (Lipinski definition) is 7. The molecule has 9 nitrogen and oxygen atoms in total. The van der Waals surface area contributed by atoms with E-state index in [4.69, 9.17) is 20.9 Å². The van der Waals surface area contributed by atoms with E-state index in [1.807, 2.05) is 12.1 Å². The van der Waals surface area contributed by atoms with E-state index in [2.05, 4.69) is 37.8 Å². The van der Waals surface area contributed by atoms with Crippen LogP contribution in [0.5, 0.6) is 5.75 Å². The number of nitrogens with two attached hydrogens (primary N) is 2. The normalized spacial score (nSPS) is 30.6. The molecular weight excluding hydrogens is 480 g/mol. The van der Waals surface area contributed by atoms with Gasteiger partial charge in [0.2, 0.25) is 5.91 Å². The summed E-state index contributed by atoms with van der Waals surface area (Å²) in [5, 5.41) is 0.886. The van der Waals surface area contributed by atoms with Crippen LogP contribution in [-0.2, 0) is 9.53 Å². The minimum Gasteiger partial charge on any atom is -0.491 e. The van der Waals surface area contributed by atoms with Gasteiger partial charge in [0.05, 0.1) is 17.5 Å². The molecule has 0 radical (unpaired) electrons. The van der Waals surface area contributed by atoms with E-state index >= 15 is 0 Å². The number of carbonyl (C=O) groups is 1. The molecule has 7 rings (SSSR count). The lowest BCUT2D eigenvalue weighted by molar-refractivity contribution is -0.123. The molecule has 200 valence electrons. The van der Waals surface area contributed by atoms with Gasteiger partial charge in [-0.3, -0.25) is 9.69 Å². The summed E-state index contributed by atoms with van der Waals surface area (Å²) in [5.41, 5.74) is 15.1. The van der Waals surface area contributed by atoms with Crippen molar-refractivity contribution in [2.75, 3.05) is 32.0 Å². The smallest absolute Gasteiger partial charge is 0.235 e. The fourth-order valence-corrected chi connectivity index (χ4v) is 7.03. The monoisotopic (exact) mass is 516 g/mol. The number of nitrogens with zero attached hydrogens (tertiary/aromatic N) is 4. The molecule has 1 amide bonds. The molecule has 4 heterocycles. The van der Waals surface area contributed by atoms with Gasteiger partial charge in [-0.1, -0.05) is 12.1 Å². The Labute approximate surface area is 222 Å². The van der Waals surface area contributed by atoms with Crippen molar-refractivity contribution in [2.24, 2.45) is 23.5 Å². The van der Waals surface area contributed by atoms with E-state index in [1.165, 1.54) is 6.42 Å². The highest BCUT2D eigenvalue weighted by Gasteiger charge is 2.55. The number of nitrogen functional groups attached to an aromatic ring is 1. The molecule has 1 unspecified atom stereocenters. The molecule has 4 N–H and O–H groups in total. The lowest BCUT2D eigenvalue weighted by Gasteiger charge is -2.40. The maximum absolute atomic E-state index is 12.0. The fraction of sp³-hybridized carbons (Fsp3) is 0.552. The number of aromatic nitrogens is 3. The summed E-state index contributed by atoms with van der Waals surface area (Å²) >= 11 is 0. The average Bonchev–Trinajstić information content (AvgIpc) is 3.38. The highest BCUT2D eigenvalue weighted by Crippen LogP contribution is 2.51. The molecule has 2 saturated carbocycles. The molecule has 38 heavy (non-hydrogen) atoms. The first-order valence-corrected chi connectivity index (χ1v) is 14.0. The Morgan fingerprint density at radius 1 is 1.18 bits per heavy atom. The van der Waals surface area contributed by atoms with Gasteiger partial charge in [0, 0.05) is 37.5 Å². The molecule has 1 aromatic carbocycles. The van der Waals surface area contributed by atoms with Crippen LogP contribution in [0, 0.1) is 17.8 Å². The minimum absolute atomic E-state index is 0.0650. The zero-order chi connectivity index (χ0) is 25.8. The second-order valence-electron chi connectivity index (χ2n) is 11.7. The summed E-state index contributed by atoms with van der Waals surface area (Å²) < 4.78 is 14.2. The molecule has 2 aliphatic carbocycles. The first-order valence-electron chi connectivity index (χ1n) is 14.0. The van der Waals surface area contributed by atoms with Gasteiger partial charge in [-0.25, -0.2) is 9.97 Å². The van der Waals surface area contributed by atoms with Gasteiger partial charge < -0.3 is 25.5 Å². The molecule has 2 saturated heterocycles. The van der Waals surface area contributed by atoms with E-state index in [-0.39, 0.29) is 18.1 Å². The summed E-state index contributed by atoms with van der Waals surface area (Å²) in [6.45, 7) is 3.35. The van der Waals surface area contributed by atoms with Crippen molar-refractivity contribution in [3.05, 3.63) is 36.8 Å². The number of fused-ring (bicyclic) bond motifs is 2.